The van der Waals surface area contributed by atoms with Crippen molar-refractivity contribution in [2.24, 2.45) is 10.2 Å². The SMILES string of the molecule is CCOC(=O)C1=NN(c2ccccc2Cl)C2(C=CC(c3ccc(Br)cc3)=NN2c2ccccc2)S1. The maximum absolute atomic E-state index is 12.8. The molecule has 2 heterocycles. The molecule has 0 saturated heterocycles. The summed E-state index contributed by atoms with van der Waals surface area (Å²) in [5, 5.41) is 14.1. The molecule has 2 aliphatic heterocycles. The van der Waals surface area contributed by atoms with Gasteiger partial charge in [-0.15, -0.1) is 0 Å². The van der Waals surface area contributed by atoms with Gasteiger partial charge in [-0.25, -0.2) is 14.8 Å². The summed E-state index contributed by atoms with van der Waals surface area (Å²) in [6, 6.07) is 25.1. The number of nitrogens with zero attached hydrogens (tertiary/aromatic N) is 4. The number of esters is 1. The number of carbonyl (C=O) groups is 1. The van der Waals surface area contributed by atoms with Gasteiger partial charge in [-0.05, 0) is 67.2 Å². The number of allylic oxidation sites excluding steroid dienone is 1. The first kappa shape index (κ1) is 23.7. The van der Waals surface area contributed by atoms with Crippen molar-refractivity contribution in [3.63, 3.8) is 0 Å². The highest BCUT2D eigenvalue weighted by Crippen LogP contribution is 2.49. The fraction of sp³-hybridized carbons (Fsp3) is 0.115. The van der Waals surface area contributed by atoms with Crippen molar-refractivity contribution in [2.45, 2.75) is 11.9 Å². The van der Waals surface area contributed by atoms with Crippen LogP contribution in [0.1, 0.15) is 12.5 Å². The summed E-state index contributed by atoms with van der Waals surface area (Å²) < 4.78 is 6.27. The summed E-state index contributed by atoms with van der Waals surface area (Å²) in [7, 11) is 0. The van der Waals surface area contributed by atoms with Crippen LogP contribution in [-0.2, 0) is 9.53 Å². The molecule has 0 radical (unpaired) electrons. The number of hydrogen-bond donors (Lipinski definition) is 0. The Labute approximate surface area is 221 Å². The van der Waals surface area contributed by atoms with Gasteiger partial charge in [0.25, 0.3) is 0 Å². The van der Waals surface area contributed by atoms with E-state index in [1.165, 1.54) is 11.8 Å². The van der Waals surface area contributed by atoms with E-state index >= 15 is 0 Å². The molecule has 0 fully saturated rings. The quantitative estimate of drug-likeness (QED) is 0.323. The number of thioether (sulfide) groups is 1. The molecule has 1 unspecified atom stereocenters. The second-order valence-electron chi connectivity index (χ2n) is 7.62. The van der Waals surface area contributed by atoms with Gasteiger partial charge in [0.05, 0.1) is 28.7 Å². The van der Waals surface area contributed by atoms with Crippen LogP contribution in [0.2, 0.25) is 5.02 Å². The summed E-state index contributed by atoms with van der Waals surface area (Å²) in [4.78, 5) is 11.8. The van der Waals surface area contributed by atoms with Crippen molar-refractivity contribution in [2.75, 3.05) is 16.6 Å². The van der Waals surface area contributed by atoms with E-state index in [9.17, 15) is 4.79 Å². The Balaban J connectivity index is 1.67. The third-order valence-electron chi connectivity index (χ3n) is 5.38. The van der Waals surface area contributed by atoms with Gasteiger partial charge in [-0.1, -0.05) is 70.0 Å². The van der Waals surface area contributed by atoms with Crippen LogP contribution in [0, 0.1) is 0 Å². The van der Waals surface area contributed by atoms with Crippen LogP contribution in [0.4, 0.5) is 11.4 Å². The van der Waals surface area contributed by atoms with Gasteiger partial charge in [0.1, 0.15) is 0 Å². The number of hydrogen-bond acceptors (Lipinski definition) is 7. The van der Waals surface area contributed by atoms with Crippen LogP contribution in [0.3, 0.4) is 0 Å². The van der Waals surface area contributed by atoms with E-state index in [-0.39, 0.29) is 11.7 Å². The van der Waals surface area contributed by atoms with Crippen LogP contribution in [0.5, 0.6) is 0 Å². The highest BCUT2D eigenvalue weighted by Gasteiger charge is 2.52. The number of para-hydroxylation sites is 2. The fourth-order valence-corrected chi connectivity index (χ4v) is 5.41. The fourth-order valence-electron chi connectivity index (χ4n) is 3.79. The van der Waals surface area contributed by atoms with Gasteiger partial charge >= 0.3 is 5.97 Å². The van der Waals surface area contributed by atoms with E-state index in [1.54, 1.807) is 18.0 Å². The molecule has 3 aromatic carbocycles. The zero-order valence-electron chi connectivity index (χ0n) is 18.6. The van der Waals surface area contributed by atoms with Crippen molar-refractivity contribution in [1.82, 2.24) is 0 Å². The lowest BCUT2D eigenvalue weighted by molar-refractivity contribution is -0.134. The van der Waals surface area contributed by atoms with E-state index in [0.29, 0.717) is 10.7 Å². The maximum atomic E-state index is 12.8. The second kappa shape index (κ2) is 9.89. The maximum Gasteiger partial charge on any atom is 0.365 e. The molecule has 0 aliphatic carbocycles. The molecule has 3 aromatic rings. The Kier molecular flexibility index (Phi) is 6.69. The van der Waals surface area contributed by atoms with Gasteiger partial charge in [0.15, 0.2) is 0 Å². The Morgan fingerprint density at radius 3 is 2.43 bits per heavy atom. The number of benzene rings is 3. The molecular weight excluding hydrogens is 548 g/mol. The third-order valence-corrected chi connectivity index (χ3v) is 7.45. The summed E-state index contributed by atoms with van der Waals surface area (Å²) in [6.07, 6.45) is 3.94. The molecule has 0 aromatic heterocycles. The molecule has 0 saturated carbocycles. The smallest absolute Gasteiger partial charge is 0.365 e. The van der Waals surface area contributed by atoms with Crippen molar-refractivity contribution in [3.8, 4) is 0 Å². The zero-order valence-corrected chi connectivity index (χ0v) is 21.8. The molecule has 0 bridgehead atoms. The summed E-state index contributed by atoms with van der Waals surface area (Å²) in [5.74, 6) is -0.490. The molecule has 35 heavy (non-hydrogen) atoms. The first-order chi connectivity index (χ1) is 17.0. The number of ether oxygens (including phenoxy) is 1. The monoisotopic (exact) mass is 566 g/mol. The predicted molar refractivity (Wildman–Crippen MR) is 147 cm³/mol. The Morgan fingerprint density at radius 1 is 1.00 bits per heavy atom. The van der Waals surface area contributed by atoms with Crippen molar-refractivity contribution < 1.29 is 9.53 Å². The first-order valence-corrected chi connectivity index (χ1v) is 12.9. The lowest BCUT2D eigenvalue weighted by Gasteiger charge is -2.43. The largest absolute Gasteiger partial charge is 0.461 e. The van der Waals surface area contributed by atoms with E-state index in [2.05, 4.69) is 21.0 Å². The normalized spacial score (nSPS) is 19.1. The second-order valence-corrected chi connectivity index (χ2v) is 10.1. The molecule has 1 spiro atoms. The van der Waals surface area contributed by atoms with Crippen LogP contribution in [0.25, 0.3) is 0 Å². The van der Waals surface area contributed by atoms with E-state index in [1.807, 2.05) is 90.0 Å². The first-order valence-electron chi connectivity index (χ1n) is 10.9. The Hall–Kier alpha value is -3.07. The number of rotatable bonds is 5. The molecule has 9 heteroatoms. The average molecular weight is 568 g/mol. The molecular formula is C26H20BrClN4O2S. The number of anilines is 2. The molecule has 5 rings (SSSR count). The minimum Gasteiger partial charge on any atom is -0.461 e. The number of carbonyl (C=O) groups excluding carboxylic acids is 1. The zero-order chi connectivity index (χ0) is 24.4. The van der Waals surface area contributed by atoms with Gasteiger partial charge < -0.3 is 4.74 Å². The Bertz CT molecular complexity index is 1350. The number of halogens is 2. The van der Waals surface area contributed by atoms with Gasteiger partial charge in [-0.2, -0.15) is 10.2 Å². The average Bonchev–Trinajstić information content (AvgIpc) is 3.25. The Morgan fingerprint density at radius 2 is 1.71 bits per heavy atom. The predicted octanol–water partition coefficient (Wildman–Crippen LogP) is 6.67. The molecule has 0 amide bonds. The van der Waals surface area contributed by atoms with Crippen LogP contribution < -0.4 is 10.0 Å². The van der Waals surface area contributed by atoms with Crippen molar-refractivity contribution in [3.05, 3.63) is 106 Å². The molecule has 1 atom stereocenters. The lowest BCUT2D eigenvalue weighted by atomic mass is 10.1. The van der Waals surface area contributed by atoms with Crippen LogP contribution >= 0.6 is 39.3 Å². The van der Waals surface area contributed by atoms with Crippen molar-refractivity contribution >= 4 is 67.4 Å². The summed E-state index contributed by atoms with van der Waals surface area (Å²) in [6.45, 7) is 2.02. The lowest BCUT2D eigenvalue weighted by Crippen LogP contribution is -2.53. The minimum atomic E-state index is -1.02. The van der Waals surface area contributed by atoms with Crippen molar-refractivity contribution in [1.29, 1.82) is 0 Å². The van der Waals surface area contributed by atoms with Crippen LogP contribution in [-0.4, -0.2) is 28.3 Å². The van der Waals surface area contributed by atoms with E-state index in [4.69, 9.17) is 21.4 Å². The molecule has 0 N–H and O–H groups in total. The molecule has 2 aliphatic rings. The molecule has 176 valence electrons. The minimum absolute atomic E-state index is 0.222. The van der Waals surface area contributed by atoms with E-state index in [0.717, 1.165) is 21.4 Å². The summed E-state index contributed by atoms with van der Waals surface area (Å²) in [5.41, 5.74) is 3.21. The van der Waals surface area contributed by atoms with Gasteiger partial charge in [0, 0.05) is 10.0 Å². The molecule has 6 nitrogen and oxygen atoms in total. The van der Waals surface area contributed by atoms with Crippen LogP contribution in [0.15, 0.2) is 106 Å². The number of hydrazone groups is 2. The van der Waals surface area contributed by atoms with E-state index < -0.39 is 11.0 Å². The third kappa shape index (κ3) is 4.49. The summed E-state index contributed by atoms with van der Waals surface area (Å²) >= 11 is 11.4. The van der Waals surface area contributed by atoms with Gasteiger partial charge in [0.2, 0.25) is 10.0 Å². The standard InChI is InChI=1S/C26H20BrClN4O2S/c1-2-34-25(33)24-30-32(23-11-7-6-10-21(23)28)26(35-24)17-16-22(18-12-14-19(27)15-13-18)29-31(26)20-8-4-3-5-9-20/h3-17H,2H2,1H3. The highest BCUT2D eigenvalue weighted by atomic mass is 79.9. The highest BCUT2D eigenvalue weighted by molar-refractivity contribution is 9.10. The topological polar surface area (TPSA) is 57.5 Å². The van der Waals surface area contributed by atoms with Gasteiger partial charge in [-0.3, -0.25) is 0 Å².